The summed E-state index contributed by atoms with van der Waals surface area (Å²) in [6, 6.07) is 0. The van der Waals surface area contributed by atoms with Gasteiger partial charge < -0.3 is 20.4 Å². The van der Waals surface area contributed by atoms with E-state index >= 15 is 0 Å². The van der Waals surface area contributed by atoms with Crippen LogP contribution in [0.5, 0.6) is 0 Å². The van der Waals surface area contributed by atoms with E-state index in [2.05, 4.69) is 4.98 Å². The third-order valence-electron chi connectivity index (χ3n) is 1.63. The predicted octanol–water partition coefficient (Wildman–Crippen LogP) is -0.105. The maximum absolute atomic E-state index is 10.3. The molecule has 1 aromatic rings. The summed E-state index contributed by atoms with van der Waals surface area (Å²) in [5.41, 5.74) is -0.947. The second kappa shape index (κ2) is 7.35. The summed E-state index contributed by atoms with van der Waals surface area (Å²) in [4.78, 5) is 34.2. The van der Waals surface area contributed by atoms with Crippen LogP contribution in [0, 0.1) is 0 Å². The molecule has 9 heteroatoms. The van der Waals surface area contributed by atoms with Crippen molar-refractivity contribution in [2.75, 3.05) is 0 Å². The van der Waals surface area contributed by atoms with Crippen LogP contribution in [0.15, 0.2) is 17.1 Å². The molecule has 8 nitrogen and oxygen atoms in total. The van der Waals surface area contributed by atoms with Gasteiger partial charge in [-0.1, -0.05) is 0 Å². The molecule has 18 heavy (non-hydrogen) atoms. The fourth-order valence-corrected chi connectivity index (χ4v) is 1.24. The molecule has 0 fully saturated rings. The molecule has 0 spiro atoms. The first-order valence-corrected chi connectivity index (χ1v) is 5.43. The van der Waals surface area contributed by atoms with Crippen molar-refractivity contribution in [2.45, 2.75) is 18.4 Å². The van der Waals surface area contributed by atoms with Crippen molar-refractivity contribution in [3.63, 3.8) is 0 Å². The number of hydrogen-bond donors (Lipinski definition) is 4. The molecule has 0 aliphatic rings. The van der Waals surface area contributed by atoms with Crippen LogP contribution in [0.4, 0.5) is 0 Å². The van der Waals surface area contributed by atoms with Crippen LogP contribution in [-0.2, 0) is 14.4 Å². The number of aliphatic hydroxyl groups is 1. The van der Waals surface area contributed by atoms with Crippen LogP contribution in [0.3, 0.4) is 0 Å². The van der Waals surface area contributed by atoms with Gasteiger partial charge in [0.05, 0.1) is 18.4 Å². The zero-order valence-electron chi connectivity index (χ0n) is 9.02. The highest BCUT2D eigenvalue weighted by Crippen LogP contribution is 2.15. The number of carboxylic acid groups (broad SMARTS) is 3. The maximum atomic E-state index is 10.3. The maximum Gasteiger partial charge on any atom is 0.336 e. The van der Waals surface area contributed by atoms with Gasteiger partial charge in [-0.2, -0.15) is 0 Å². The Balaban J connectivity index is 0.000000473. The van der Waals surface area contributed by atoms with Gasteiger partial charge in [-0.25, -0.2) is 4.79 Å². The molecule has 0 bridgehead atoms. The fourth-order valence-electron chi connectivity index (χ4n) is 0.890. The monoisotopic (exact) mass is 277 g/mol. The number of carbonyl (C=O) groups is 3. The molecule has 0 radical (unpaired) electrons. The summed E-state index contributed by atoms with van der Waals surface area (Å²) in [6.07, 6.45) is -0.520. The van der Waals surface area contributed by atoms with Gasteiger partial charge in [0.2, 0.25) is 0 Å². The van der Waals surface area contributed by atoms with Crippen molar-refractivity contribution in [3.8, 4) is 0 Å². The molecule has 4 N–H and O–H groups in total. The van der Waals surface area contributed by atoms with Gasteiger partial charge in [-0.15, -0.1) is 11.3 Å². The molecule has 0 aromatic carbocycles. The molecule has 1 heterocycles. The minimum absolute atomic E-state index is 1.14. The van der Waals surface area contributed by atoms with E-state index in [0.29, 0.717) is 0 Å². The highest BCUT2D eigenvalue weighted by Gasteiger charge is 2.40. The van der Waals surface area contributed by atoms with E-state index in [9.17, 15) is 14.4 Å². The Morgan fingerprint density at radius 2 is 1.61 bits per heavy atom. The highest BCUT2D eigenvalue weighted by molar-refractivity contribution is 7.07. The second-order valence-corrected chi connectivity index (χ2v) is 3.91. The van der Waals surface area contributed by atoms with Gasteiger partial charge in [0.25, 0.3) is 0 Å². The third kappa shape index (κ3) is 6.55. The van der Waals surface area contributed by atoms with Crippen LogP contribution in [0.2, 0.25) is 0 Å². The Kier molecular flexibility index (Phi) is 6.53. The normalized spacial score (nSPS) is 10.1. The van der Waals surface area contributed by atoms with Gasteiger partial charge >= 0.3 is 17.9 Å². The van der Waals surface area contributed by atoms with E-state index in [4.69, 9.17) is 20.4 Å². The third-order valence-corrected chi connectivity index (χ3v) is 2.15. The van der Waals surface area contributed by atoms with Gasteiger partial charge in [0.15, 0.2) is 5.60 Å². The Morgan fingerprint density at radius 3 is 1.78 bits per heavy atom. The van der Waals surface area contributed by atoms with Gasteiger partial charge in [0.1, 0.15) is 0 Å². The quantitative estimate of drug-likeness (QED) is 0.583. The molecule has 100 valence electrons. The van der Waals surface area contributed by atoms with E-state index in [-0.39, 0.29) is 0 Å². The van der Waals surface area contributed by atoms with Crippen LogP contribution < -0.4 is 0 Å². The van der Waals surface area contributed by atoms with E-state index in [1.165, 1.54) is 0 Å². The SMILES string of the molecule is O=C(O)CC(O)(CC(=O)O)C(=O)O.c1cscn1. The Hall–Kier alpha value is -2.00. The fraction of sp³-hybridized carbons (Fsp3) is 0.333. The Labute approximate surface area is 105 Å². The summed E-state index contributed by atoms with van der Waals surface area (Å²) in [5.74, 6) is -5.02. The number of hydrogen-bond acceptors (Lipinski definition) is 6. The minimum Gasteiger partial charge on any atom is -0.481 e. The average Bonchev–Trinajstić information content (AvgIpc) is 2.71. The summed E-state index contributed by atoms with van der Waals surface area (Å²) in [5, 5.41) is 35.7. The summed E-state index contributed by atoms with van der Waals surface area (Å²) in [6.45, 7) is 0. The Bertz CT molecular complexity index is 370. The molecule has 0 aliphatic carbocycles. The molecule has 0 saturated carbocycles. The number of thiazole rings is 1. The smallest absolute Gasteiger partial charge is 0.336 e. The molecule has 0 atom stereocenters. The lowest BCUT2D eigenvalue weighted by molar-refractivity contribution is -0.170. The molecule has 0 saturated heterocycles. The first-order valence-electron chi connectivity index (χ1n) is 4.49. The first-order chi connectivity index (χ1) is 8.28. The van der Waals surface area contributed by atoms with Crippen molar-refractivity contribution in [2.24, 2.45) is 0 Å². The molecule has 1 aromatic heterocycles. The summed E-state index contributed by atoms with van der Waals surface area (Å²) in [7, 11) is 0. The van der Waals surface area contributed by atoms with E-state index in [0.717, 1.165) is 0 Å². The molecule has 0 unspecified atom stereocenters. The van der Waals surface area contributed by atoms with Gasteiger partial charge in [-0.05, 0) is 0 Å². The lowest BCUT2D eigenvalue weighted by Crippen LogP contribution is -2.42. The lowest BCUT2D eigenvalue weighted by Gasteiger charge is -2.18. The van der Waals surface area contributed by atoms with Gasteiger partial charge in [0, 0.05) is 11.6 Å². The van der Waals surface area contributed by atoms with Gasteiger partial charge in [-0.3, -0.25) is 14.6 Å². The predicted molar refractivity (Wildman–Crippen MR) is 59.2 cm³/mol. The standard InChI is InChI=1S/C6H8O7.C3H3NS/c7-3(8)1-6(13,5(11)12)2-4(9)10;1-2-5-3-4-1/h13H,1-2H2,(H,7,8)(H,9,10)(H,11,12);1-3H. The topological polar surface area (TPSA) is 145 Å². The van der Waals surface area contributed by atoms with Crippen molar-refractivity contribution in [3.05, 3.63) is 17.1 Å². The molecule has 0 amide bonds. The number of carboxylic acids is 3. The van der Waals surface area contributed by atoms with Crippen LogP contribution in [0.25, 0.3) is 0 Å². The van der Waals surface area contributed by atoms with Crippen molar-refractivity contribution >= 4 is 29.2 Å². The van der Waals surface area contributed by atoms with Crippen LogP contribution in [-0.4, -0.2) is 48.9 Å². The van der Waals surface area contributed by atoms with E-state index in [1.54, 1.807) is 23.0 Å². The lowest BCUT2D eigenvalue weighted by atomic mass is 9.96. The average molecular weight is 277 g/mol. The highest BCUT2D eigenvalue weighted by atomic mass is 32.1. The van der Waals surface area contributed by atoms with E-state index < -0.39 is 36.4 Å². The van der Waals surface area contributed by atoms with Crippen LogP contribution >= 0.6 is 11.3 Å². The second-order valence-electron chi connectivity index (χ2n) is 3.15. The molecule has 0 aliphatic heterocycles. The zero-order valence-corrected chi connectivity index (χ0v) is 9.83. The van der Waals surface area contributed by atoms with Crippen LogP contribution in [0.1, 0.15) is 12.8 Å². The first kappa shape index (κ1) is 16.0. The molecule has 1 rings (SSSR count). The molecular weight excluding hydrogens is 266 g/mol. The minimum atomic E-state index is -2.74. The van der Waals surface area contributed by atoms with Crippen molar-refractivity contribution in [1.29, 1.82) is 0 Å². The number of rotatable bonds is 5. The summed E-state index contributed by atoms with van der Waals surface area (Å²) >= 11 is 1.60. The largest absolute Gasteiger partial charge is 0.481 e. The van der Waals surface area contributed by atoms with Crippen molar-refractivity contribution in [1.82, 2.24) is 4.98 Å². The number of aliphatic carboxylic acids is 3. The number of nitrogens with zero attached hydrogens (tertiary/aromatic N) is 1. The van der Waals surface area contributed by atoms with Crippen molar-refractivity contribution < 1.29 is 34.8 Å². The number of aromatic nitrogens is 1. The van der Waals surface area contributed by atoms with E-state index in [1.807, 2.05) is 5.38 Å². The Morgan fingerprint density at radius 1 is 1.11 bits per heavy atom. The zero-order chi connectivity index (χ0) is 14.2. The summed E-state index contributed by atoms with van der Waals surface area (Å²) < 4.78 is 0. The molecular formula is C9H11NO7S.